The van der Waals surface area contributed by atoms with E-state index in [1.165, 1.54) is 6.07 Å². The number of carbonyl (C=O) groups is 2. The summed E-state index contributed by atoms with van der Waals surface area (Å²) in [6.07, 6.45) is 4.49. The fourth-order valence-corrected chi connectivity index (χ4v) is 5.15. The van der Waals surface area contributed by atoms with Crippen LogP contribution in [0.4, 0.5) is 4.39 Å². The maximum atomic E-state index is 14.7. The second-order valence-electron chi connectivity index (χ2n) is 9.50. The van der Waals surface area contributed by atoms with Crippen LogP contribution in [0.25, 0.3) is 10.9 Å². The molecule has 1 fully saturated rings. The van der Waals surface area contributed by atoms with Gasteiger partial charge in [-0.2, -0.15) is 4.39 Å². The van der Waals surface area contributed by atoms with Gasteiger partial charge in [0.15, 0.2) is 0 Å². The average molecular weight is 478 g/mol. The summed E-state index contributed by atoms with van der Waals surface area (Å²) in [5.41, 5.74) is 6.91. The third-order valence-electron chi connectivity index (χ3n) is 7.08. The summed E-state index contributed by atoms with van der Waals surface area (Å²) in [6, 6.07) is 17.2. The van der Waals surface area contributed by atoms with Gasteiger partial charge >= 0.3 is 0 Å². The van der Waals surface area contributed by atoms with Gasteiger partial charge in [0, 0.05) is 11.3 Å². The molecule has 0 bridgehead atoms. The van der Waals surface area contributed by atoms with Crippen LogP contribution in [0.2, 0.25) is 0 Å². The fourth-order valence-electron chi connectivity index (χ4n) is 5.15. The van der Waals surface area contributed by atoms with Crippen molar-refractivity contribution in [2.24, 2.45) is 17.6 Å². The minimum absolute atomic E-state index is 0.131. The van der Waals surface area contributed by atoms with Gasteiger partial charge in [0.05, 0.1) is 23.2 Å². The van der Waals surface area contributed by atoms with E-state index in [-0.39, 0.29) is 17.9 Å². The van der Waals surface area contributed by atoms with Crippen molar-refractivity contribution >= 4 is 22.7 Å². The van der Waals surface area contributed by atoms with E-state index in [9.17, 15) is 19.1 Å². The van der Waals surface area contributed by atoms with Crippen LogP contribution in [0.3, 0.4) is 0 Å². The summed E-state index contributed by atoms with van der Waals surface area (Å²) in [5.74, 6) is -2.29. The second-order valence-corrected chi connectivity index (χ2v) is 9.50. The number of aromatic nitrogens is 1. The lowest BCUT2D eigenvalue weighted by Gasteiger charge is -2.32. The number of nitrogens with two attached hydrogens (primary N) is 1. The van der Waals surface area contributed by atoms with Crippen LogP contribution in [-0.4, -0.2) is 34.1 Å². The van der Waals surface area contributed by atoms with E-state index >= 15 is 0 Å². The third kappa shape index (κ3) is 6.22. The summed E-state index contributed by atoms with van der Waals surface area (Å²) < 4.78 is 14.7. The lowest BCUT2D eigenvalue weighted by molar-refractivity contribution is -0.125. The molecule has 1 aliphatic carbocycles. The van der Waals surface area contributed by atoms with Gasteiger partial charge in [-0.3, -0.25) is 9.59 Å². The van der Waals surface area contributed by atoms with Gasteiger partial charge in [0.25, 0.3) is 5.91 Å². The standard InChI is InChI=1S/C28H32FN3O3/c29-26-22(16-20-13-7-8-14-23(20)31-26)28(35)32-24(15-18-9-3-1-4-10-18)25(33)17-21(27(30)34)19-11-5-2-6-12-19/h1,3-4,7-10,13-14,16,19,21,24-25,33H,2,5-6,11-12,15,17H2,(H2,30,34)(H,32,35)/t21-,24+,25+/m1/s1. The van der Waals surface area contributed by atoms with Crippen LogP contribution in [0.15, 0.2) is 60.7 Å². The Morgan fingerprint density at radius 1 is 1.06 bits per heavy atom. The number of para-hydroxylation sites is 1. The predicted octanol–water partition coefficient (Wildman–Crippen LogP) is 4.15. The minimum Gasteiger partial charge on any atom is -0.391 e. The SMILES string of the molecule is NC(=O)[C@H](C[C@H](O)[C@H](Cc1ccccc1)NC(=O)c1cc2ccccc2nc1F)C1CCCCC1. The van der Waals surface area contributed by atoms with Crippen LogP contribution < -0.4 is 11.1 Å². The van der Waals surface area contributed by atoms with Gasteiger partial charge < -0.3 is 16.2 Å². The summed E-state index contributed by atoms with van der Waals surface area (Å²) in [7, 11) is 0. The van der Waals surface area contributed by atoms with Gasteiger partial charge in [0.1, 0.15) is 0 Å². The molecule has 2 aromatic carbocycles. The zero-order valence-electron chi connectivity index (χ0n) is 19.7. The zero-order valence-corrected chi connectivity index (χ0v) is 19.7. The highest BCUT2D eigenvalue weighted by Gasteiger charge is 2.33. The van der Waals surface area contributed by atoms with Crippen molar-refractivity contribution < 1.29 is 19.1 Å². The van der Waals surface area contributed by atoms with Gasteiger partial charge in [-0.05, 0) is 49.3 Å². The predicted molar refractivity (Wildman–Crippen MR) is 133 cm³/mol. The molecule has 184 valence electrons. The highest BCUT2D eigenvalue weighted by Crippen LogP contribution is 2.33. The Hall–Kier alpha value is -3.32. The highest BCUT2D eigenvalue weighted by molar-refractivity contribution is 5.97. The van der Waals surface area contributed by atoms with Crippen LogP contribution in [0.5, 0.6) is 0 Å². The second kappa shape index (κ2) is 11.4. The number of hydrogen-bond donors (Lipinski definition) is 3. The Morgan fingerprint density at radius 3 is 2.46 bits per heavy atom. The van der Waals surface area contributed by atoms with E-state index < -0.39 is 35.8 Å². The molecule has 0 spiro atoms. The van der Waals surface area contributed by atoms with E-state index in [4.69, 9.17) is 5.73 Å². The Labute approximate surface area is 204 Å². The third-order valence-corrected chi connectivity index (χ3v) is 7.08. The molecule has 1 saturated carbocycles. The highest BCUT2D eigenvalue weighted by atomic mass is 19.1. The Balaban J connectivity index is 1.56. The molecule has 1 aliphatic rings. The van der Waals surface area contributed by atoms with Crippen molar-refractivity contribution in [2.45, 2.75) is 57.1 Å². The van der Waals surface area contributed by atoms with E-state index in [2.05, 4.69) is 10.3 Å². The molecule has 4 N–H and O–H groups in total. The molecule has 1 heterocycles. The molecule has 1 aromatic heterocycles. The number of carbonyl (C=O) groups excluding carboxylic acids is 2. The van der Waals surface area contributed by atoms with Crippen LogP contribution in [0.1, 0.15) is 54.4 Å². The van der Waals surface area contributed by atoms with Crippen molar-refractivity contribution in [3.8, 4) is 0 Å². The van der Waals surface area contributed by atoms with E-state index in [0.29, 0.717) is 17.3 Å². The molecule has 2 amide bonds. The average Bonchev–Trinajstić information content (AvgIpc) is 2.87. The number of fused-ring (bicyclic) bond motifs is 1. The molecule has 35 heavy (non-hydrogen) atoms. The first-order valence-electron chi connectivity index (χ1n) is 12.3. The molecule has 0 unspecified atom stereocenters. The number of benzene rings is 2. The topological polar surface area (TPSA) is 105 Å². The number of rotatable bonds is 9. The van der Waals surface area contributed by atoms with Crippen molar-refractivity contribution in [3.05, 3.63) is 77.7 Å². The summed E-state index contributed by atoms with van der Waals surface area (Å²) >= 11 is 0. The molecule has 0 radical (unpaired) electrons. The number of pyridine rings is 1. The molecular weight excluding hydrogens is 445 g/mol. The smallest absolute Gasteiger partial charge is 0.256 e. The van der Waals surface area contributed by atoms with Crippen molar-refractivity contribution in [3.63, 3.8) is 0 Å². The largest absolute Gasteiger partial charge is 0.391 e. The van der Waals surface area contributed by atoms with Crippen LogP contribution >= 0.6 is 0 Å². The van der Waals surface area contributed by atoms with E-state index in [1.54, 1.807) is 24.3 Å². The van der Waals surface area contributed by atoms with Gasteiger partial charge in [-0.15, -0.1) is 0 Å². The van der Waals surface area contributed by atoms with Crippen molar-refractivity contribution in [1.82, 2.24) is 10.3 Å². The van der Waals surface area contributed by atoms with Crippen molar-refractivity contribution in [1.29, 1.82) is 0 Å². The number of amides is 2. The Kier molecular flexibility index (Phi) is 8.08. The normalized spacial score (nSPS) is 17.0. The van der Waals surface area contributed by atoms with E-state index in [1.807, 2.05) is 30.3 Å². The molecule has 3 aromatic rings. The maximum absolute atomic E-state index is 14.7. The number of nitrogens with zero attached hydrogens (tertiary/aromatic N) is 1. The first kappa shape index (κ1) is 24.8. The molecule has 6 nitrogen and oxygen atoms in total. The quantitative estimate of drug-likeness (QED) is 0.403. The summed E-state index contributed by atoms with van der Waals surface area (Å²) in [5, 5.41) is 14.7. The lowest BCUT2D eigenvalue weighted by Crippen LogP contribution is -2.47. The maximum Gasteiger partial charge on any atom is 0.256 e. The van der Waals surface area contributed by atoms with Crippen LogP contribution in [0, 0.1) is 17.8 Å². The molecule has 3 atom stereocenters. The number of halogens is 1. The van der Waals surface area contributed by atoms with Gasteiger partial charge in [-0.25, -0.2) is 4.98 Å². The Morgan fingerprint density at radius 2 is 1.74 bits per heavy atom. The molecular formula is C28H32FN3O3. The van der Waals surface area contributed by atoms with Gasteiger partial charge in [-0.1, -0.05) is 67.8 Å². The fraction of sp³-hybridized carbons (Fsp3) is 0.393. The summed E-state index contributed by atoms with van der Waals surface area (Å²) in [6.45, 7) is 0. The van der Waals surface area contributed by atoms with Gasteiger partial charge in [0.2, 0.25) is 11.9 Å². The number of hydrogen-bond acceptors (Lipinski definition) is 4. The zero-order chi connectivity index (χ0) is 24.8. The molecule has 7 heteroatoms. The number of nitrogens with one attached hydrogen (secondary N) is 1. The Bertz CT molecular complexity index is 1160. The minimum atomic E-state index is -1.03. The van der Waals surface area contributed by atoms with E-state index in [0.717, 1.165) is 37.7 Å². The first-order chi connectivity index (χ1) is 16.9. The number of aliphatic hydroxyl groups excluding tert-OH is 1. The number of primary amides is 1. The molecule has 4 rings (SSSR count). The van der Waals surface area contributed by atoms with Crippen LogP contribution in [-0.2, 0) is 11.2 Å². The number of aliphatic hydroxyl groups is 1. The monoisotopic (exact) mass is 477 g/mol. The van der Waals surface area contributed by atoms with Crippen molar-refractivity contribution in [2.75, 3.05) is 0 Å². The molecule has 0 aliphatic heterocycles. The molecule has 0 saturated heterocycles. The summed E-state index contributed by atoms with van der Waals surface area (Å²) in [4.78, 5) is 29.4. The lowest BCUT2D eigenvalue weighted by atomic mass is 9.76. The first-order valence-corrected chi connectivity index (χ1v) is 12.3.